The molecule has 4 rings (SSSR count). The number of hydrogen-bond acceptors (Lipinski definition) is 9. The summed E-state index contributed by atoms with van der Waals surface area (Å²) in [6.07, 6.45) is 0.252. The first-order chi connectivity index (χ1) is 27.1. The molecule has 0 bridgehead atoms. The number of rotatable bonds is 17. The van der Waals surface area contributed by atoms with Crippen LogP contribution in [-0.4, -0.2) is 119 Å². The number of nitriles is 1. The lowest BCUT2D eigenvalue weighted by Crippen LogP contribution is -2.52. The van der Waals surface area contributed by atoms with E-state index in [1.807, 2.05) is 0 Å². The van der Waals surface area contributed by atoms with Crippen molar-refractivity contribution < 1.29 is 42.7 Å². The number of amides is 5. The van der Waals surface area contributed by atoms with Gasteiger partial charge in [-0.05, 0) is 30.5 Å². The number of nitrogens with two attached hydrogens (primary N) is 1. The van der Waals surface area contributed by atoms with Crippen molar-refractivity contribution in [2.45, 2.75) is 62.6 Å². The lowest BCUT2D eigenvalue weighted by molar-refractivity contribution is -0.142. The van der Waals surface area contributed by atoms with Gasteiger partial charge >= 0.3 is 5.97 Å². The highest BCUT2D eigenvalue weighted by Gasteiger charge is 2.47. The number of hydrogen-bond donors (Lipinski definition) is 6. The number of aliphatic imine (C=N–C) groups is 1. The topological polar surface area (TPSA) is 252 Å². The van der Waals surface area contributed by atoms with E-state index in [0.717, 1.165) is 4.90 Å². The molecule has 17 nitrogen and oxygen atoms in total. The first-order valence-corrected chi connectivity index (χ1v) is 17.9. The number of alkyl halides is 2. The summed E-state index contributed by atoms with van der Waals surface area (Å²) in [6, 6.07) is 12.6. The zero-order chi connectivity index (χ0) is 41.7. The fraction of sp³-hybridized carbons (Fsp3) is 0.395. The van der Waals surface area contributed by atoms with Crippen molar-refractivity contribution in [1.82, 2.24) is 30.7 Å². The highest BCUT2D eigenvalue weighted by molar-refractivity contribution is 6.11. The highest BCUT2D eigenvalue weighted by Crippen LogP contribution is 2.31. The molecular formula is C38H44F2N10O7. The van der Waals surface area contributed by atoms with E-state index >= 15 is 0 Å². The van der Waals surface area contributed by atoms with Crippen molar-refractivity contribution in [2.75, 3.05) is 39.0 Å². The van der Waals surface area contributed by atoms with E-state index in [2.05, 4.69) is 31.2 Å². The Morgan fingerprint density at radius 1 is 1.04 bits per heavy atom. The number of nitrogens with zero attached hydrogens (tertiary/aromatic N) is 5. The van der Waals surface area contributed by atoms with Crippen LogP contribution < -0.4 is 27.0 Å². The minimum atomic E-state index is -3.21. The molecular weight excluding hydrogens is 746 g/mol. The Morgan fingerprint density at radius 2 is 1.75 bits per heavy atom. The molecule has 0 saturated carbocycles. The number of carbonyl (C=O) groups excluding carboxylic acids is 5. The number of pyridine rings is 1. The lowest BCUT2D eigenvalue weighted by Gasteiger charge is -2.21. The van der Waals surface area contributed by atoms with Crippen molar-refractivity contribution >= 4 is 58.1 Å². The molecule has 7 N–H and O–H groups in total. The van der Waals surface area contributed by atoms with Gasteiger partial charge in [0.1, 0.15) is 18.1 Å². The van der Waals surface area contributed by atoms with Crippen molar-refractivity contribution in [3.8, 4) is 6.07 Å². The maximum absolute atomic E-state index is 13.8. The van der Waals surface area contributed by atoms with Gasteiger partial charge in [-0.2, -0.15) is 5.26 Å². The van der Waals surface area contributed by atoms with Gasteiger partial charge in [0.05, 0.1) is 35.9 Å². The third-order valence-corrected chi connectivity index (χ3v) is 8.94. The Hall–Kier alpha value is -6.71. The number of carboxylic acids is 1. The molecule has 57 heavy (non-hydrogen) atoms. The second-order valence-corrected chi connectivity index (χ2v) is 13.5. The molecule has 3 aromatic rings. The van der Waals surface area contributed by atoms with Crippen LogP contribution in [0.5, 0.6) is 0 Å². The van der Waals surface area contributed by atoms with Gasteiger partial charge in [0, 0.05) is 57.9 Å². The first kappa shape index (κ1) is 43.0. The molecule has 2 aromatic carbocycles. The van der Waals surface area contributed by atoms with Gasteiger partial charge < -0.3 is 41.9 Å². The summed E-state index contributed by atoms with van der Waals surface area (Å²) in [6.45, 7) is -1.34. The zero-order valence-corrected chi connectivity index (χ0v) is 31.3. The van der Waals surface area contributed by atoms with Crippen molar-refractivity contribution in [3.05, 3.63) is 71.9 Å². The molecule has 1 aromatic heterocycles. The Balaban J connectivity index is 1.37. The second-order valence-electron chi connectivity index (χ2n) is 13.5. The van der Waals surface area contributed by atoms with Crippen molar-refractivity contribution in [1.29, 1.82) is 5.26 Å². The number of likely N-dealkylation sites (tertiary alicyclic amines) is 1. The van der Waals surface area contributed by atoms with Gasteiger partial charge in [-0.1, -0.05) is 42.5 Å². The monoisotopic (exact) mass is 790 g/mol. The predicted molar refractivity (Wildman–Crippen MR) is 204 cm³/mol. The molecule has 1 saturated heterocycles. The minimum absolute atomic E-state index is 0.00743. The third-order valence-electron chi connectivity index (χ3n) is 8.94. The number of aromatic nitrogens is 1. The number of para-hydroxylation sites is 1. The summed E-state index contributed by atoms with van der Waals surface area (Å²) >= 11 is 0. The van der Waals surface area contributed by atoms with Crippen molar-refractivity contribution in [3.63, 3.8) is 0 Å². The summed E-state index contributed by atoms with van der Waals surface area (Å²) in [4.78, 5) is 88.0. The standard InChI is InChI=1S/C38H44F2N10O7/c1-49(2)37(42)44-16-7-12-28(35(55)48-29(36(56)57)18-23-8-4-3-5-9-23)47-31(52)14-13-30(51)46-27-11-6-10-25-26(15-17-43-33(25)27)34(54)45-21-32(53)50-22-38(39,40)19-24(50)20-41/h3-6,8-11,15,17,24,28-29H,7,12-14,16,18-19,21-22H2,1-2H3,(H2,42,44)(H,45,54)(H,46,51)(H,47,52)(H,48,55)(H,56,57)/t24-,28-,29-/m0/s1. The maximum Gasteiger partial charge on any atom is 0.326 e. The molecule has 0 spiro atoms. The fourth-order valence-corrected chi connectivity index (χ4v) is 5.95. The Bertz CT molecular complexity index is 2040. The lowest BCUT2D eigenvalue weighted by atomic mass is 10.0. The van der Waals surface area contributed by atoms with Crippen LogP contribution in [0.1, 0.15) is 48.0 Å². The number of carboxylic acid groups (broad SMARTS) is 1. The molecule has 2 heterocycles. The largest absolute Gasteiger partial charge is 0.480 e. The normalized spacial score (nSPS) is 15.8. The van der Waals surface area contributed by atoms with Crippen LogP contribution in [0.25, 0.3) is 10.9 Å². The number of benzene rings is 2. The fourth-order valence-electron chi connectivity index (χ4n) is 5.95. The average molecular weight is 791 g/mol. The van der Waals surface area contributed by atoms with Gasteiger partial charge in [0.2, 0.25) is 23.6 Å². The van der Waals surface area contributed by atoms with Gasteiger partial charge in [0.15, 0.2) is 5.96 Å². The quantitative estimate of drug-likeness (QED) is 0.0648. The molecule has 1 aliphatic heterocycles. The van der Waals surface area contributed by atoms with E-state index in [1.165, 1.54) is 18.3 Å². The van der Waals surface area contributed by atoms with Crippen LogP contribution in [0.15, 0.2) is 65.8 Å². The summed E-state index contributed by atoms with van der Waals surface area (Å²) in [5.74, 6) is -7.76. The molecule has 1 aliphatic rings. The average Bonchev–Trinajstić information content (AvgIpc) is 3.51. The van der Waals surface area contributed by atoms with Gasteiger partial charge in [0.25, 0.3) is 11.8 Å². The van der Waals surface area contributed by atoms with Crippen LogP contribution >= 0.6 is 0 Å². The van der Waals surface area contributed by atoms with E-state index in [9.17, 15) is 47.9 Å². The summed E-state index contributed by atoms with van der Waals surface area (Å²) in [5.41, 5.74) is 7.00. The minimum Gasteiger partial charge on any atom is -0.480 e. The summed E-state index contributed by atoms with van der Waals surface area (Å²) < 4.78 is 27.6. The Kier molecular flexibility index (Phi) is 14.9. The van der Waals surface area contributed by atoms with Crippen LogP contribution in [0, 0.1) is 11.3 Å². The molecule has 19 heteroatoms. The first-order valence-electron chi connectivity index (χ1n) is 17.9. The van der Waals surface area contributed by atoms with E-state index in [1.54, 1.807) is 67.5 Å². The summed E-state index contributed by atoms with van der Waals surface area (Å²) in [5, 5.41) is 29.4. The maximum atomic E-state index is 13.8. The number of aliphatic carboxylic acids is 1. The molecule has 1 fully saturated rings. The summed E-state index contributed by atoms with van der Waals surface area (Å²) in [7, 11) is 3.42. The predicted octanol–water partition coefficient (Wildman–Crippen LogP) is 1.40. The van der Waals surface area contributed by atoms with E-state index in [0.29, 0.717) is 12.0 Å². The van der Waals surface area contributed by atoms with Crippen LogP contribution in [0.4, 0.5) is 14.5 Å². The van der Waals surface area contributed by atoms with Gasteiger partial charge in [-0.25, -0.2) is 13.6 Å². The van der Waals surface area contributed by atoms with Crippen LogP contribution in [-0.2, 0) is 30.4 Å². The number of nitrogens with one attached hydrogen (secondary N) is 4. The number of halogens is 2. The molecule has 3 atom stereocenters. The van der Waals surface area contributed by atoms with E-state index in [4.69, 9.17) is 5.73 Å². The number of carbonyl (C=O) groups is 6. The molecule has 5 amide bonds. The third kappa shape index (κ3) is 12.4. The zero-order valence-electron chi connectivity index (χ0n) is 31.3. The van der Waals surface area contributed by atoms with E-state index < -0.39 is 79.1 Å². The van der Waals surface area contributed by atoms with Crippen molar-refractivity contribution in [2.24, 2.45) is 10.7 Å². The molecule has 0 radical (unpaired) electrons. The van der Waals surface area contributed by atoms with Crippen LogP contribution in [0.3, 0.4) is 0 Å². The number of fused-ring (bicyclic) bond motifs is 1. The molecule has 302 valence electrons. The van der Waals surface area contributed by atoms with E-state index in [-0.39, 0.29) is 60.3 Å². The Morgan fingerprint density at radius 3 is 2.44 bits per heavy atom. The highest BCUT2D eigenvalue weighted by atomic mass is 19.3. The molecule has 0 unspecified atom stereocenters. The second kappa shape index (κ2) is 19.7. The SMILES string of the molecule is CN(C)C(N)=NCCC[C@H](NC(=O)CCC(=O)Nc1cccc2c(C(=O)NCC(=O)N3CC(F)(F)C[C@H]3C#N)ccnc12)C(=O)N[C@@H](Cc1ccccc1)C(=O)O. The number of anilines is 1. The van der Waals surface area contributed by atoms with Gasteiger partial charge in [-0.3, -0.25) is 33.9 Å². The number of guanidine groups is 1. The Labute approximate surface area is 326 Å². The van der Waals surface area contributed by atoms with Crippen LogP contribution in [0.2, 0.25) is 0 Å². The van der Waals surface area contributed by atoms with Gasteiger partial charge in [-0.15, -0.1) is 0 Å². The smallest absolute Gasteiger partial charge is 0.326 e. The molecule has 0 aliphatic carbocycles.